The summed E-state index contributed by atoms with van der Waals surface area (Å²) in [5, 5.41) is 0. The van der Waals surface area contributed by atoms with Gasteiger partial charge >= 0.3 is 0 Å². The number of hydrogen-bond donors (Lipinski definition) is 0. The summed E-state index contributed by atoms with van der Waals surface area (Å²) < 4.78 is 0. The van der Waals surface area contributed by atoms with Crippen LogP contribution in [0.2, 0.25) is 0 Å². The summed E-state index contributed by atoms with van der Waals surface area (Å²) in [6, 6.07) is 12.4. The summed E-state index contributed by atoms with van der Waals surface area (Å²) in [5.41, 5.74) is 4.66. The fourth-order valence-electron chi connectivity index (χ4n) is 2.01. The van der Waals surface area contributed by atoms with Crippen LogP contribution < -0.4 is 0 Å². The van der Waals surface area contributed by atoms with Crippen molar-refractivity contribution < 1.29 is 0 Å². The number of aromatic nitrogens is 1. The molecule has 1 aromatic carbocycles. The van der Waals surface area contributed by atoms with E-state index >= 15 is 0 Å². The lowest BCUT2D eigenvalue weighted by Crippen LogP contribution is -2.01. The number of benzene rings is 1. The van der Waals surface area contributed by atoms with E-state index in [2.05, 4.69) is 41.1 Å². The van der Waals surface area contributed by atoms with Crippen molar-refractivity contribution in [1.29, 1.82) is 0 Å². The summed E-state index contributed by atoms with van der Waals surface area (Å²) in [4.78, 5) is 4.32. The van der Waals surface area contributed by atoms with E-state index in [1.54, 1.807) is 6.20 Å². The number of rotatable bonds is 0. The Balaban J connectivity index is 2.16. The molecule has 1 aliphatic carbocycles. The third-order valence-electron chi connectivity index (χ3n) is 2.89. The Morgan fingerprint density at radius 3 is 2.69 bits per heavy atom. The number of aryl methyl sites for hydroxylation is 2. The molecule has 0 aliphatic heterocycles. The topological polar surface area (TPSA) is 12.9 Å². The van der Waals surface area contributed by atoms with Crippen molar-refractivity contribution >= 4 is 0 Å². The summed E-state index contributed by atoms with van der Waals surface area (Å²) >= 11 is 0. The van der Waals surface area contributed by atoms with Crippen molar-refractivity contribution in [3.63, 3.8) is 0 Å². The summed E-state index contributed by atoms with van der Waals surface area (Å²) in [5.74, 6) is 6.37. The normalized spacial score (nSPS) is 12.5. The fourth-order valence-corrected chi connectivity index (χ4v) is 2.01. The molecule has 76 valence electrons. The van der Waals surface area contributed by atoms with Gasteiger partial charge in [0.05, 0.1) is 0 Å². The summed E-state index contributed by atoms with van der Waals surface area (Å²) in [7, 11) is 0. The number of nitrogens with zero attached hydrogens (tertiary/aromatic N) is 1. The van der Waals surface area contributed by atoms with Gasteiger partial charge in [0.1, 0.15) is 5.69 Å². The van der Waals surface area contributed by atoms with E-state index in [1.165, 1.54) is 11.1 Å². The molecule has 2 aromatic rings. The van der Waals surface area contributed by atoms with Crippen LogP contribution in [-0.2, 0) is 12.8 Å². The van der Waals surface area contributed by atoms with Gasteiger partial charge in [0.2, 0.25) is 0 Å². The van der Waals surface area contributed by atoms with E-state index in [0.29, 0.717) is 0 Å². The molecule has 1 aliphatic rings. The van der Waals surface area contributed by atoms with E-state index in [4.69, 9.17) is 0 Å². The molecule has 0 amide bonds. The third kappa shape index (κ3) is 1.59. The second-order valence-corrected chi connectivity index (χ2v) is 3.92. The van der Waals surface area contributed by atoms with Crippen LogP contribution in [0.25, 0.3) is 0 Å². The van der Waals surface area contributed by atoms with Gasteiger partial charge in [0.25, 0.3) is 0 Å². The smallest absolute Gasteiger partial charge is 0.116 e. The highest BCUT2D eigenvalue weighted by Gasteiger charge is 2.06. The predicted octanol–water partition coefficient (Wildman–Crippen LogP) is 2.58. The molecule has 0 spiro atoms. The molecule has 0 fully saturated rings. The Hall–Kier alpha value is -2.07. The average Bonchev–Trinajstić information content (AvgIpc) is 2.32. The van der Waals surface area contributed by atoms with Crippen molar-refractivity contribution in [2.75, 3.05) is 0 Å². The highest BCUT2D eigenvalue weighted by Crippen LogP contribution is 2.15. The minimum atomic E-state index is 0.928. The van der Waals surface area contributed by atoms with Gasteiger partial charge in [-0.2, -0.15) is 0 Å². The first-order valence-corrected chi connectivity index (χ1v) is 5.47. The van der Waals surface area contributed by atoms with E-state index in [-0.39, 0.29) is 0 Å². The fraction of sp³-hybridized carbons (Fsp3) is 0.133. The molecular weight excluding hydrogens is 194 g/mol. The molecule has 0 unspecified atom stereocenters. The zero-order valence-electron chi connectivity index (χ0n) is 8.90. The zero-order valence-corrected chi connectivity index (χ0v) is 8.90. The van der Waals surface area contributed by atoms with Crippen molar-refractivity contribution in [2.45, 2.75) is 12.8 Å². The van der Waals surface area contributed by atoms with Crippen LogP contribution >= 0.6 is 0 Å². The Morgan fingerprint density at radius 2 is 1.69 bits per heavy atom. The summed E-state index contributed by atoms with van der Waals surface area (Å²) in [6.45, 7) is 0. The average molecular weight is 205 g/mol. The van der Waals surface area contributed by atoms with E-state index < -0.39 is 0 Å². The lowest BCUT2D eigenvalue weighted by molar-refractivity contribution is 0.937. The second kappa shape index (κ2) is 3.83. The molecule has 0 saturated carbocycles. The van der Waals surface area contributed by atoms with Crippen LogP contribution in [-0.4, -0.2) is 4.98 Å². The Labute approximate surface area is 95.2 Å². The number of fused-ring (bicyclic) bond motifs is 2. The lowest BCUT2D eigenvalue weighted by Gasteiger charge is -2.08. The van der Waals surface area contributed by atoms with Crippen LogP contribution in [0, 0.1) is 11.8 Å². The molecule has 0 bridgehead atoms. The van der Waals surface area contributed by atoms with Crippen molar-refractivity contribution in [3.05, 3.63) is 65.0 Å². The van der Waals surface area contributed by atoms with Gasteiger partial charge in [-0.25, -0.2) is 4.98 Å². The van der Waals surface area contributed by atoms with E-state index in [1.807, 2.05) is 12.1 Å². The van der Waals surface area contributed by atoms with Crippen molar-refractivity contribution in [2.24, 2.45) is 0 Å². The maximum absolute atomic E-state index is 4.32. The largest absolute Gasteiger partial charge is 0.247 e. The SMILES string of the molecule is C1#Cc2ncccc2CCc2ccccc21. The van der Waals surface area contributed by atoms with Crippen LogP contribution in [0.15, 0.2) is 42.6 Å². The van der Waals surface area contributed by atoms with Gasteiger partial charge in [-0.05, 0) is 42.0 Å². The molecular formula is C15H11N. The molecule has 3 rings (SSSR count). The molecule has 1 heteroatoms. The molecule has 0 radical (unpaired) electrons. The monoisotopic (exact) mass is 205 g/mol. The van der Waals surface area contributed by atoms with Gasteiger partial charge in [-0.15, -0.1) is 0 Å². The quantitative estimate of drug-likeness (QED) is 0.602. The van der Waals surface area contributed by atoms with Crippen LogP contribution in [0.3, 0.4) is 0 Å². The lowest BCUT2D eigenvalue weighted by atomic mass is 9.97. The van der Waals surface area contributed by atoms with E-state index in [9.17, 15) is 0 Å². The highest BCUT2D eigenvalue weighted by atomic mass is 14.7. The van der Waals surface area contributed by atoms with Gasteiger partial charge in [0, 0.05) is 11.8 Å². The Bertz CT molecular complexity index is 536. The highest BCUT2D eigenvalue weighted by molar-refractivity contribution is 5.48. The first-order valence-electron chi connectivity index (χ1n) is 5.47. The number of hydrogen-bond acceptors (Lipinski definition) is 1. The predicted molar refractivity (Wildman–Crippen MR) is 64.1 cm³/mol. The standard InChI is InChI=1S/C15H11N/c1-2-5-13-9-10-15-14(6-3-11-16-15)8-7-12(13)4-1/h1-6,11H,7-8H2. The first-order chi connectivity index (χ1) is 7.93. The van der Waals surface area contributed by atoms with Crippen LogP contribution in [0.4, 0.5) is 0 Å². The van der Waals surface area contributed by atoms with Gasteiger partial charge in [-0.1, -0.05) is 30.2 Å². The minimum absolute atomic E-state index is 0.928. The van der Waals surface area contributed by atoms with Crippen LogP contribution in [0.5, 0.6) is 0 Å². The maximum atomic E-state index is 4.32. The van der Waals surface area contributed by atoms with Crippen molar-refractivity contribution in [3.8, 4) is 11.8 Å². The van der Waals surface area contributed by atoms with Crippen molar-refractivity contribution in [1.82, 2.24) is 4.98 Å². The molecule has 1 aromatic heterocycles. The molecule has 1 nitrogen and oxygen atoms in total. The van der Waals surface area contributed by atoms with Crippen LogP contribution in [0.1, 0.15) is 22.4 Å². The third-order valence-corrected chi connectivity index (χ3v) is 2.89. The Morgan fingerprint density at radius 1 is 0.875 bits per heavy atom. The summed E-state index contributed by atoms with van der Waals surface area (Å²) in [6.07, 6.45) is 3.87. The molecule has 0 N–H and O–H groups in total. The molecule has 16 heavy (non-hydrogen) atoms. The van der Waals surface area contributed by atoms with Gasteiger partial charge in [-0.3, -0.25) is 0 Å². The molecule has 1 heterocycles. The minimum Gasteiger partial charge on any atom is -0.247 e. The molecule has 0 saturated heterocycles. The van der Waals surface area contributed by atoms with Gasteiger partial charge in [0.15, 0.2) is 0 Å². The second-order valence-electron chi connectivity index (χ2n) is 3.92. The number of pyridine rings is 1. The van der Waals surface area contributed by atoms with Gasteiger partial charge < -0.3 is 0 Å². The molecule has 0 atom stereocenters. The first kappa shape index (κ1) is 9.18. The maximum Gasteiger partial charge on any atom is 0.116 e. The zero-order chi connectivity index (χ0) is 10.8. The van der Waals surface area contributed by atoms with E-state index in [0.717, 1.165) is 24.1 Å². The Kier molecular flexibility index (Phi) is 2.19.